The summed E-state index contributed by atoms with van der Waals surface area (Å²) in [6.45, 7) is 1.92. The Hall–Kier alpha value is -2.88. The van der Waals surface area contributed by atoms with Crippen molar-refractivity contribution in [3.8, 4) is 22.4 Å². The van der Waals surface area contributed by atoms with Crippen LogP contribution in [-0.4, -0.2) is 16.1 Å². The molecule has 0 aliphatic carbocycles. The zero-order valence-electron chi connectivity index (χ0n) is 15.6. The van der Waals surface area contributed by atoms with Gasteiger partial charge in [-0.1, -0.05) is 53.5 Å². The van der Waals surface area contributed by atoms with Crippen molar-refractivity contribution in [2.45, 2.75) is 13.3 Å². The van der Waals surface area contributed by atoms with Crippen molar-refractivity contribution in [3.05, 3.63) is 87.9 Å². The van der Waals surface area contributed by atoms with Crippen LogP contribution in [0.2, 0.25) is 10.0 Å². The maximum absolute atomic E-state index is 11.5. The van der Waals surface area contributed by atoms with Gasteiger partial charge in [0.2, 0.25) is 0 Å². The van der Waals surface area contributed by atoms with Gasteiger partial charge in [-0.05, 0) is 65.6 Å². The van der Waals surface area contributed by atoms with Crippen LogP contribution in [0.5, 0.6) is 0 Å². The third-order valence-corrected chi connectivity index (χ3v) is 5.43. The lowest BCUT2D eigenvalue weighted by atomic mass is 9.90. The van der Waals surface area contributed by atoms with Crippen LogP contribution in [-0.2, 0) is 11.2 Å². The van der Waals surface area contributed by atoms with Crippen LogP contribution in [0.3, 0.4) is 0 Å². The molecule has 144 valence electrons. The first-order valence-corrected chi connectivity index (χ1v) is 9.85. The van der Waals surface area contributed by atoms with Crippen LogP contribution in [0.15, 0.2) is 66.7 Å². The number of aliphatic carboxylic acids is 1. The molecule has 29 heavy (non-hydrogen) atoms. The number of carboxylic acid groups (broad SMARTS) is 1. The molecule has 5 heteroatoms. The molecule has 0 unspecified atom stereocenters. The van der Waals surface area contributed by atoms with Gasteiger partial charge in [0.25, 0.3) is 0 Å². The topological polar surface area (TPSA) is 50.2 Å². The molecule has 0 atom stereocenters. The fourth-order valence-corrected chi connectivity index (χ4v) is 3.81. The molecule has 0 saturated carbocycles. The second kappa shape index (κ2) is 7.86. The third kappa shape index (κ3) is 3.98. The lowest BCUT2D eigenvalue weighted by molar-refractivity contribution is -0.136. The van der Waals surface area contributed by atoms with Crippen molar-refractivity contribution >= 4 is 40.1 Å². The highest BCUT2D eigenvalue weighted by atomic mass is 35.5. The Labute approximate surface area is 178 Å². The number of fused-ring (bicyclic) bond motifs is 1. The van der Waals surface area contributed by atoms with Crippen molar-refractivity contribution in [3.63, 3.8) is 0 Å². The normalized spacial score (nSPS) is 11.0. The monoisotopic (exact) mass is 421 g/mol. The average Bonchev–Trinajstić information content (AvgIpc) is 2.69. The standard InChI is InChI=1S/C24H17Cl2NO2/c1-14-12-22-19(10-11-21(27-22)15-2-6-17(25)7-3-15)24(20(14)13-23(28)29)16-4-8-18(26)9-5-16/h2-12H,13H2,1H3,(H,28,29). The highest BCUT2D eigenvalue weighted by Gasteiger charge is 2.17. The Balaban J connectivity index is 1.96. The molecule has 4 rings (SSSR count). The third-order valence-electron chi connectivity index (χ3n) is 4.93. The Kier molecular flexibility index (Phi) is 5.27. The number of carbonyl (C=O) groups is 1. The second-order valence-electron chi connectivity index (χ2n) is 6.89. The Morgan fingerprint density at radius 3 is 2.07 bits per heavy atom. The van der Waals surface area contributed by atoms with Crippen molar-refractivity contribution in [1.82, 2.24) is 4.98 Å². The van der Waals surface area contributed by atoms with Gasteiger partial charge in [0.1, 0.15) is 0 Å². The summed E-state index contributed by atoms with van der Waals surface area (Å²) in [5, 5.41) is 11.7. The first kappa shape index (κ1) is 19.4. The summed E-state index contributed by atoms with van der Waals surface area (Å²) in [6, 6.07) is 20.9. The molecule has 0 radical (unpaired) electrons. The lowest BCUT2D eigenvalue weighted by Crippen LogP contribution is -2.05. The van der Waals surface area contributed by atoms with E-state index in [-0.39, 0.29) is 6.42 Å². The minimum atomic E-state index is -0.867. The fourth-order valence-electron chi connectivity index (χ4n) is 3.56. The number of pyridine rings is 1. The zero-order chi connectivity index (χ0) is 20.5. The molecule has 1 heterocycles. The van der Waals surface area contributed by atoms with E-state index >= 15 is 0 Å². The summed E-state index contributed by atoms with van der Waals surface area (Å²) in [5.74, 6) is -0.867. The van der Waals surface area contributed by atoms with E-state index in [4.69, 9.17) is 28.2 Å². The van der Waals surface area contributed by atoms with E-state index in [2.05, 4.69) is 0 Å². The molecular weight excluding hydrogens is 405 g/mol. The van der Waals surface area contributed by atoms with E-state index in [1.165, 1.54) is 0 Å². The molecule has 3 nitrogen and oxygen atoms in total. The second-order valence-corrected chi connectivity index (χ2v) is 7.77. The number of hydrogen-bond acceptors (Lipinski definition) is 2. The SMILES string of the molecule is Cc1cc2nc(-c3ccc(Cl)cc3)ccc2c(-c2ccc(Cl)cc2)c1CC(=O)O. The Morgan fingerprint density at radius 2 is 1.48 bits per heavy atom. The summed E-state index contributed by atoms with van der Waals surface area (Å²) >= 11 is 12.1. The number of halogens is 2. The average molecular weight is 422 g/mol. The fraction of sp³-hybridized carbons (Fsp3) is 0.0833. The van der Waals surface area contributed by atoms with E-state index < -0.39 is 5.97 Å². The van der Waals surface area contributed by atoms with Gasteiger partial charge in [0.05, 0.1) is 17.6 Å². The van der Waals surface area contributed by atoms with Gasteiger partial charge in [0.15, 0.2) is 0 Å². The van der Waals surface area contributed by atoms with Gasteiger partial charge < -0.3 is 5.11 Å². The van der Waals surface area contributed by atoms with Crippen LogP contribution in [0.25, 0.3) is 33.3 Å². The molecule has 0 fully saturated rings. The smallest absolute Gasteiger partial charge is 0.307 e. The Bertz CT molecular complexity index is 1220. The predicted octanol–water partition coefficient (Wildman–Crippen LogP) is 6.81. The van der Waals surface area contributed by atoms with E-state index in [0.717, 1.165) is 44.4 Å². The molecule has 1 aromatic heterocycles. The van der Waals surface area contributed by atoms with Crippen molar-refractivity contribution < 1.29 is 9.90 Å². The Morgan fingerprint density at radius 1 is 0.897 bits per heavy atom. The number of carboxylic acids is 1. The summed E-state index contributed by atoms with van der Waals surface area (Å²) in [6.07, 6.45) is -0.0569. The summed E-state index contributed by atoms with van der Waals surface area (Å²) in [5.41, 5.74) is 6.10. The molecular formula is C24H17Cl2NO2. The van der Waals surface area contributed by atoms with Crippen molar-refractivity contribution in [1.29, 1.82) is 0 Å². The molecule has 4 aromatic rings. The number of aryl methyl sites for hydroxylation is 1. The minimum Gasteiger partial charge on any atom is -0.481 e. The number of nitrogens with zero attached hydrogens (tertiary/aromatic N) is 1. The molecule has 0 spiro atoms. The quantitative estimate of drug-likeness (QED) is 0.393. The van der Waals surface area contributed by atoms with Gasteiger partial charge in [-0.2, -0.15) is 0 Å². The predicted molar refractivity (Wildman–Crippen MR) is 119 cm³/mol. The van der Waals surface area contributed by atoms with Crippen LogP contribution in [0.4, 0.5) is 0 Å². The summed E-state index contributed by atoms with van der Waals surface area (Å²) in [4.78, 5) is 16.4. The van der Waals surface area contributed by atoms with Gasteiger partial charge in [-0.15, -0.1) is 0 Å². The van der Waals surface area contributed by atoms with Gasteiger partial charge in [-0.3, -0.25) is 4.79 Å². The van der Waals surface area contributed by atoms with Gasteiger partial charge >= 0.3 is 5.97 Å². The summed E-state index contributed by atoms with van der Waals surface area (Å²) in [7, 11) is 0. The van der Waals surface area contributed by atoms with Crippen LogP contribution in [0, 0.1) is 6.92 Å². The molecule has 0 saturated heterocycles. The minimum absolute atomic E-state index is 0.0569. The van der Waals surface area contributed by atoms with E-state index in [1.807, 2.05) is 73.7 Å². The van der Waals surface area contributed by atoms with E-state index in [0.29, 0.717) is 10.0 Å². The van der Waals surface area contributed by atoms with E-state index in [1.54, 1.807) is 0 Å². The lowest BCUT2D eigenvalue weighted by Gasteiger charge is -2.16. The highest BCUT2D eigenvalue weighted by molar-refractivity contribution is 6.31. The zero-order valence-corrected chi connectivity index (χ0v) is 17.1. The molecule has 0 aliphatic heterocycles. The summed E-state index contributed by atoms with van der Waals surface area (Å²) < 4.78 is 0. The molecule has 3 aromatic carbocycles. The number of hydrogen-bond donors (Lipinski definition) is 1. The largest absolute Gasteiger partial charge is 0.481 e. The molecule has 1 N–H and O–H groups in total. The first-order chi connectivity index (χ1) is 13.9. The van der Waals surface area contributed by atoms with Crippen LogP contribution >= 0.6 is 23.2 Å². The van der Waals surface area contributed by atoms with Crippen molar-refractivity contribution in [2.75, 3.05) is 0 Å². The van der Waals surface area contributed by atoms with Gasteiger partial charge in [-0.25, -0.2) is 4.98 Å². The molecule has 0 aliphatic rings. The van der Waals surface area contributed by atoms with Crippen LogP contribution in [0.1, 0.15) is 11.1 Å². The number of rotatable bonds is 4. The number of aromatic nitrogens is 1. The van der Waals surface area contributed by atoms with E-state index in [9.17, 15) is 9.90 Å². The maximum Gasteiger partial charge on any atom is 0.307 e. The van der Waals surface area contributed by atoms with Gasteiger partial charge in [0, 0.05) is 21.0 Å². The maximum atomic E-state index is 11.5. The van der Waals surface area contributed by atoms with Crippen LogP contribution < -0.4 is 0 Å². The van der Waals surface area contributed by atoms with Crippen molar-refractivity contribution in [2.24, 2.45) is 0 Å². The molecule has 0 amide bonds. The highest BCUT2D eigenvalue weighted by Crippen LogP contribution is 2.36. The number of benzene rings is 3. The first-order valence-electron chi connectivity index (χ1n) is 9.09. The molecule has 0 bridgehead atoms.